The lowest BCUT2D eigenvalue weighted by atomic mass is 9.95. The van der Waals surface area contributed by atoms with E-state index in [-0.39, 0.29) is 6.17 Å². The summed E-state index contributed by atoms with van der Waals surface area (Å²) in [6.07, 6.45) is 4.70. The Morgan fingerprint density at radius 1 is 1.35 bits per heavy atom. The molecule has 1 heterocycles. The lowest BCUT2D eigenvalue weighted by Crippen LogP contribution is -2.26. The minimum atomic E-state index is 0.0563. The highest BCUT2D eigenvalue weighted by atomic mass is 15.1. The molecule has 2 heteroatoms. The van der Waals surface area contributed by atoms with Crippen LogP contribution in [0.4, 0.5) is 0 Å². The van der Waals surface area contributed by atoms with Crippen molar-refractivity contribution in [1.29, 1.82) is 0 Å². The Hall–Kier alpha value is -1.33. The first-order valence-electron chi connectivity index (χ1n) is 6.46. The van der Waals surface area contributed by atoms with Crippen LogP contribution >= 0.6 is 0 Å². The van der Waals surface area contributed by atoms with E-state index in [1.807, 2.05) is 0 Å². The third kappa shape index (κ3) is 3.31. The molecule has 3 atom stereocenters. The Bertz CT molecular complexity index is 380. The Balaban J connectivity index is 1.77. The number of aryl methyl sites for hydroxylation is 1. The fourth-order valence-electron chi connectivity index (χ4n) is 2.71. The van der Waals surface area contributed by atoms with E-state index in [0.29, 0.717) is 12.0 Å². The molecule has 0 radical (unpaired) electrons. The highest BCUT2D eigenvalue weighted by Gasteiger charge is 2.35. The van der Waals surface area contributed by atoms with Gasteiger partial charge in [0, 0.05) is 6.04 Å². The van der Waals surface area contributed by atoms with Gasteiger partial charge in [-0.2, -0.15) is 0 Å². The molecule has 3 unspecified atom stereocenters. The highest BCUT2D eigenvalue weighted by molar-refractivity contribution is 5.14. The van der Waals surface area contributed by atoms with Gasteiger partial charge < -0.3 is 0 Å². The summed E-state index contributed by atoms with van der Waals surface area (Å²) in [5.74, 6) is 0.547. The minimum Gasteiger partial charge on any atom is -0.296 e. The first-order chi connectivity index (χ1) is 8.29. The van der Waals surface area contributed by atoms with Gasteiger partial charge >= 0.3 is 0 Å². The molecule has 17 heavy (non-hydrogen) atoms. The van der Waals surface area contributed by atoms with Gasteiger partial charge in [0.2, 0.25) is 0 Å². The van der Waals surface area contributed by atoms with Crippen molar-refractivity contribution in [2.75, 3.05) is 0 Å². The van der Waals surface area contributed by atoms with Crippen molar-refractivity contribution < 1.29 is 0 Å². The number of nitrogens with one attached hydrogen (secondary N) is 1. The second kappa shape index (κ2) is 5.84. The number of benzene rings is 1. The first-order valence-corrected chi connectivity index (χ1v) is 6.46. The summed E-state index contributed by atoms with van der Waals surface area (Å²) in [7, 11) is 0. The van der Waals surface area contributed by atoms with Gasteiger partial charge in [0.25, 0.3) is 6.17 Å². The molecule has 0 aliphatic carbocycles. The van der Waals surface area contributed by atoms with Gasteiger partial charge in [-0.05, 0) is 38.2 Å². The molecule has 0 amide bonds. The summed E-state index contributed by atoms with van der Waals surface area (Å²) >= 11 is 0. The molecule has 0 saturated carbocycles. The molecule has 1 N–H and O–H groups in total. The summed E-state index contributed by atoms with van der Waals surface area (Å²) in [4.78, 5) is 3.68. The highest BCUT2D eigenvalue weighted by Crippen LogP contribution is 2.26. The van der Waals surface area contributed by atoms with Gasteiger partial charge in [-0.1, -0.05) is 30.3 Å². The van der Waals surface area contributed by atoms with Crippen LogP contribution in [0.3, 0.4) is 0 Å². The number of hydrogen-bond donors (Lipinski definition) is 1. The van der Waals surface area contributed by atoms with Crippen LogP contribution in [0.5, 0.6) is 0 Å². The van der Waals surface area contributed by atoms with Crippen LogP contribution in [-0.2, 0) is 6.42 Å². The summed E-state index contributed by atoms with van der Waals surface area (Å²) < 4.78 is 0. The van der Waals surface area contributed by atoms with Crippen molar-refractivity contribution in [3.63, 3.8) is 0 Å². The van der Waals surface area contributed by atoms with E-state index in [1.165, 1.54) is 18.4 Å². The summed E-state index contributed by atoms with van der Waals surface area (Å²) in [6, 6.07) is 11.1. The normalized spacial score (nSPS) is 27.9. The molecule has 0 bridgehead atoms. The molecule has 1 aromatic carbocycles. The maximum Gasteiger partial charge on any atom is 0.280 e. The first kappa shape index (κ1) is 12.1. The molecule has 1 aliphatic heterocycles. The van der Waals surface area contributed by atoms with Crippen LogP contribution in [0.1, 0.15) is 31.7 Å². The zero-order valence-electron chi connectivity index (χ0n) is 10.4. The predicted octanol–water partition coefficient (Wildman–Crippen LogP) is 3.25. The van der Waals surface area contributed by atoms with Crippen LogP contribution in [0.2, 0.25) is 0 Å². The maximum atomic E-state index is 7.18. The monoisotopic (exact) mass is 228 g/mol. The standard InChI is InChI=1S/C15H20N2/c1-12-11-14(15(16-2)17-12)10-6-9-13-7-4-3-5-8-13/h3-5,7-8,12,14-15,17H,6,9-11H2,1H3. The molecule has 1 saturated heterocycles. The smallest absolute Gasteiger partial charge is 0.280 e. The Kier molecular flexibility index (Phi) is 4.17. The van der Waals surface area contributed by atoms with Crippen LogP contribution in [0, 0.1) is 12.5 Å². The molecule has 0 spiro atoms. The fourth-order valence-corrected chi connectivity index (χ4v) is 2.71. The third-order valence-electron chi connectivity index (χ3n) is 3.58. The Morgan fingerprint density at radius 3 is 2.82 bits per heavy atom. The predicted molar refractivity (Wildman–Crippen MR) is 70.5 cm³/mol. The lowest BCUT2D eigenvalue weighted by molar-refractivity contribution is 0.455. The number of hydrogen-bond acceptors (Lipinski definition) is 1. The van der Waals surface area contributed by atoms with Crippen LogP contribution < -0.4 is 5.32 Å². The molecule has 1 aromatic rings. The molecular weight excluding hydrogens is 208 g/mol. The molecule has 2 nitrogen and oxygen atoms in total. The second-order valence-electron chi connectivity index (χ2n) is 5.02. The van der Waals surface area contributed by atoms with E-state index in [9.17, 15) is 0 Å². The van der Waals surface area contributed by atoms with E-state index in [4.69, 9.17) is 6.57 Å². The number of nitrogens with zero attached hydrogens (tertiary/aromatic N) is 1. The number of rotatable bonds is 4. The SMILES string of the molecule is [C-]#[N+]C1NC(C)CC1CCCc1ccccc1. The van der Waals surface area contributed by atoms with Crippen molar-refractivity contribution >= 4 is 0 Å². The van der Waals surface area contributed by atoms with Gasteiger partial charge in [-0.25, -0.2) is 11.9 Å². The molecule has 1 aliphatic rings. The average Bonchev–Trinajstić information content (AvgIpc) is 2.71. The molecule has 2 rings (SSSR count). The molecule has 0 aromatic heterocycles. The summed E-state index contributed by atoms with van der Waals surface area (Å²) in [5.41, 5.74) is 1.41. The van der Waals surface area contributed by atoms with E-state index >= 15 is 0 Å². The largest absolute Gasteiger partial charge is 0.296 e. The topological polar surface area (TPSA) is 16.4 Å². The van der Waals surface area contributed by atoms with Crippen LogP contribution in [-0.4, -0.2) is 12.2 Å². The van der Waals surface area contributed by atoms with Crippen LogP contribution in [0.15, 0.2) is 30.3 Å². The lowest BCUT2D eigenvalue weighted by Gasteiger charge is -2.09. The summed E-state index contributed by atoms with van der Waals surface area (Å²) in [6.45, 7) is 9.36. The van der Waals surface area contributed by atoms with E-state index < -0.39 is 0 Å². The van der Waals surface area contributed by atoms with E-state index in [2.05, 4.69) is 47.4 Å². The van der Waals surface area contributed by atoms with Gasteiger partial charge in [-0.15, -0.1) is 0 Å². The van der Waals surface area contributed by atoms with Crippen LogP contribution in [0.25, 0.3) is 4.85 Å². The molecular formula is C15H20N2. The van der Waals surface area contributed by atoms with Crippen molar-refractivity contribution in [3.8, 4) is 0 Å². The van der Waals surface area contributed by atoms with Crippen molar-refractivity contribution in [1.82, 2.24) is 5.32 Å². The fraction of sp³-hybridized carbons (Fsp3) is 0.533. The van der Waals surface area contributed by atoms with E-state index in [0.717, 1.165) is 12.8 Å². The zero-order valence-corrected chi connectivity index (χ0v) is 10.4. The van der Waals surface area contributed by atoms with Gasteiger partial charge in [0.15, 0.2) is 0 Å². The second-order valence-corrected chi connectivity index (χ2v) is 5.02. The Labute approximate surface area is 104 Å². The van der Waals surface area contributed by atoms with Crippen molar-refractivity contribution in [2.24, 2.45) is 5.92 Å². The van der Waals surface area contributed by atoms with Gasteiger partial charge in [0.1, 0.15) is 0 Å². The van der Waals surface area contributed by atoms with E-state index in [1.54, 1.807) is 0 Å². The molecule has 1 fully saturated rings. The third-order valence-corrected chi connectivity index (χ3v) is 3.58. The minimum absolute atomic E-state index is 0.0563. The van der Waals surface area contributed by atoms with Gasteiger partial charge in [0.05, 0.1) is 5.92 Å². The quantitative estimate of drug-likeness (QED) is 0.782. The molecule has 90 valence electrons. The van der Waals surface area contributed by atoms with Crippen molar-refractivity contribution in [3.05, 3.63) is 47.3 Å². The van der Waals surface area contributed by atoms with Gasteiger partial charge in [-0.3, -0.25) is 4.85 Å². The maximum absolute atomic E-state index is 7.18. The zero-order chi connectivity index (χ0) is 12.1. The van der Waals surface area contributed by atoms with Crippen molar-refractivity contribution in [2.45, 2.75) is 44.8 Å². The average molecular weight is 228 g/mol. The Morgan fingerprint density at radius 2 is 2.12 bits per heavy atom. The summed E-state index contributed by atoms with van der Waals surface area (Å²) in [5, 5.41) is 3.35.